The maximum Gasteiger partial charge on any atom is 0.393 e. The molecular formula is C12H12N2O4. The first kappa shape index (κ1) is 12.1. The van der Waals surface area contributed by atoms with E-state index in [4.69, 9.17) is 14.3 Å². The molecule has 0 radical (unpaired) electrons. The van der Waals surface area contributed by atoms with Crippen LogP contribution in [0.1, 0.15) is 27.7 Å². The van der Waals surface area contributed by atoms with Crippen molar-refractivity contribution in [3.05, 3.63) is 41.1 Å². The molecule has 2 rings (SSSR count). The number of benzene rings is 1. The Labute approximate surface area is 103 Å². The Morgan fingerprint density at radius 1 is 1.33 bits per heavy atom. The highest BCUT2D eigenvalue weighted by Crippen LogP contribution is 2.23. The second-order valence-corrected chi connectivity index (χ2v) is 3.82. The van der Waals surface area contributed by atoms with E-state index < -0.39 is 11.9 Å². The summed E-state index contributed by atoms with van der Waals surface area (Å²) in [5.41, 5.74) is 1.99. The highest BCUT2D eigenvalue weighted by atomic mass is 16.5. The van der Waals surface area contributed by atoms with Crippen LogP contribution in [0.5, 0.6) is 5.75 Å². The highest BCUT2D eigenvalue weighted by molar-refractivity contribution is 5.81. The van der Waals surface area contributed by atoms with Gasteiger partial charge in [-0.2, -0.15) is 0 Å². The third kappa shape index (κ3) is 2.48. The van der Waals surface area contributed by atoms with Gasteiger partial charge in [-0.05, 0) is 25.0 Å². The van der Waals surface area contributed by atoms with Crippen molar-refractivity contribution in [1.82, 2.24) is 10.2 Å². The average Bonchev–Trinajstić information content (AvgIpc) is 2.77. The van der Waals surface area contributed by atoms with Crippen molar-refractivity contribution < 1.29 is 19.1 Å². The van der Waals surface area contributed by atoms with Crippen LogP contribution >= 0.6 is 0 Å². The number of carboxylic acids is 1. The summed E-state index contributed by atoms with van der Waals surface area (Å²) >= 11 is 0. The summed E-state index contributed by atoms with van der Waals surface area (Å²) in [6, 6.07) is 5.80. The van der Waals surface area contributed by atoms with Crippen LogP contribution in [0, 0.1) is 13.8 Å². The van der Waals surface area contributed by atoms with Gasteiger partial charge in [0.05, 0.1) is 0 Å². The Hall–Kier alpha value is -2.37. The molecular weight excluding hydrogens is 236 g/mol. The predicted octanol–water partition coefficient (Wildman–Crippen LogP) is 1.96. The molecule has 1 aromatic heterocycles. The van der Waals surface area contributed by atoms with E-state index in [0.29, 0.717) is 0 Å². The molecule has 0 spiro atoms. The Balaban J connectivity index is 2.09. The molecule has 0 aliphatic heterocycles. The van der Waals surface area contributed by atoms with Crippen molar-refractivity contribution in [2.45, 2.75) is 20.5 Å². The Bertz CT molecular complexity index is 557. The number of carbonyl (C=O) groups is 1. The van der Waals surface area contributed by atoms with Crippen molar-refractivity contribution in [2.75, 3.05) is 0 Å². The number of aromatic carboxylic acids is 1. The normalized spacial score (nSPS) is 10.3. The predicted molar refractivity (Wildman–Crippen MR) is 61.5 cm³/mol. The van der Waals surface area contributed by atoms with Crippen LogP contribution in [0.4, 0.5) is 0 Å². The van der Waals surface area contributed by atoms with Gasteiger partial charge in [0.2, 0.25) is 0 Å². The number of rotatable bonds is 4. The topological polar surface area (TPSA) is 85.5 Å². The minimum atomic E-state index is -1.25. The van der Waals surface area contributed by atoms with Crippen LogP contribution in [0.2, 0.25) is 0 Å². The molecule has 1 N–H and O–H groups in total. The standard InChI is InChI=1S/C12H12N2O4/c1-7-4-3-5-8(2)10(7)17-6-9-13-14-11(18-9)12(15)16/h3-5H,6H2,1-2H3,(H,15,16). The SMILES string of the molecule is Cc1cccc(C)c1OCc1nnc(C(=O)O)o1. The van der Waals surface area contributed by atoms with Gasteiger partial charge in [0.15, 0.2) is 6.61 Å². The lowest BCUT2D eigenvalue weighted by molar-refractivity contribution is 0.0649. The van der Waals surface area contributed by atoms with E-state index in [9.17, 15) is 4.79 Å². The van der Waals surface area contributed by atoms with E-state index in [-0.39, 0.29) is 12.5 Å². The molecule has 0 unspecified atom stereocenters. The second kappa shape index (κ2) is 4.87. The molecule has 18 heavy (non-hydrogen) atoms. The minimum Gasteiger partial charge on any atom is -0.483 e. The Morgan fingerprint density at radius 2 is 2.00 bits per heavy atom. The fourth-order valence-electron chi connectivity index (χ4n) is 1.56. The van der Waals surface area contributed by atoms with Gasteiger partial charge in [-0.1, -0.05) is 18.2 Å². The summed E-state index contributed by atoms with van der Waals surface area (Å²) in [4.78, 5) is 10.6. The third-order valence-corrected chi connectivity index (χ3v) is 2.40. The maximum atomic E-state index is 10.6. The van der Waals surface area contributed by atoms with Crippen LogP contribution in [0.15, 0.2) is 22.6 Å². The number of carboxylic acid groups (broad SMARTS) is 1. The molecule has 1 aromatic carbocycles. The summed E-state index contributed by atoms with van der Waals surface area (Å²) in [6.07, 6.45) is 0. The van der Waals surface area contributed by atoms with E-state index in [1.165, 1.54) is 0 Å². The van der Waals surface area contributed by atoms with Crippen LogP contribution in [-0.4, -0.2) is 21.3 Å². The molecule has 6 nitrogen and oxygen atoms in total. The lowest BCUT2D eigenvalue weighted by Gasteiger charge is -2.09. The molecule has 0 aliphatic rings. The Kier molecular flexibility index (Phi) is 3.27. The quantitative estimate of drug-likeness (QED) is 0.890. The number of ether oxygens (including phenoxy) is 1. The first-order chi connectivity index (χ1) is 8.58. The monoisotopic (exact) mass is 248 g/mol. The van der Waals surface area contributed by atoms with Gasteiger partial charge in [-0.25, -0.2) is 4.79 Å². The molecule has 2 aromatic rings. The molecule has 6 heteroatoms. The van der Waals surface area contributed by atoms with Crippen molar-refractivity contribution in [3.8, 4) is 5.75 Å². The summed E-state index contributed by atoms with van der Waals surface area (Å²) in [5, 5.41) is 15.6. The van der Waals surface area contributed by atoms with Gasteiger partial charge >= 0.3 is 11.9 Å². The highest BCUT2D eigenvalue weighted by Gasteiger charge is 2.13. The van der Waals surface area contributed by atoms with Gasteiger partial charge in [0.1, 0.15) is 5.75 Å². The zero-order valence-corrected chi connectivity index (χ0v) is 10.0. The first-order valence-electron chi connectivity index (χ1n) is 5.32. The fourth-order valence-corrected chi connectivity index (χ4v) is 1.56. The summed E-state index contributed by atoms with van der Waals surface area (Å²) in [5.74, 6) is -0.807. The van der Waals surface area contributed by atoms with Gasteiger partial charge in [-0.15, -0.1) is 10.2 Å². The molecule has 0 bridgehead atoms. The fraction of sp³-hybridized carbons (Fsp3) is 0.250. The first-order valence-corrected chi connectivity index (χ1v) is 5.32. The van der Waals surface area contributed by atoms with Gasteiger partial charge < -0.3 is 14.3 Å². The lowest BCUT2D eigenvalue weighted by atomic mass is 10.1. The van der Waals surface area contributed by atoms with Gasteiger partial charge in [0, 0.05) is 0 Å². The number of para-hydroxylation sites is 1. The van der Waals surface area contributed by atoms with E-state index in [1.807, 2.05) is 32.0 Å². The van der Waals surface area contributed by atoms with Crippen LogP contribution in [0.25, 0.3) is 0 Å². The zero-order valence-electron chi connectivity index (χ0n) is 10.0. The van der Waals surface area contributed by atoms with Crippen molar-refractivity contribution in [1.29, 1.82) is 0 Å². The van der Waals surface area contributed by atoms with E-state index in [1.54, 1.807) is 0 Å². The average molecular weight is 248 g/mol. The largest absolute Gasteiger partial charge is 0.483 e. The lowest BCUT2D eigenvalue weighted by Crippen LogP contribution is -1.99. The van der Waals surface area contributed by atoms with Crippen LogP contribution in [-0.2, 0) is 6.61 Å². The summed E-state index contributed by atoms with van der Waals surface area (Å²) in [6.45, 7) is 3.91. The number of aromatic nitrogens is 2. The minimum absolute atomic E-state index is 0.0476. The van der Waals surface area contributed by atoms with Crippen molar-refractivity contribution in [2.24, 2.45) is 0 Å². The molecule has 94 valence electrons. The number of aryl methyl sites for hydroxylation is 2. The number of hydrogen-bond donors (Lipinski definition) is 1. The zero-order chi connectivity index (χ0) is 13.1. The molecule has 0 atom stereocenters. The van der Waals surface area contributed by atoms with Crippen LogP contribution in [0.3, 0.4) is 0 Å². The summed E-state index contributed by atoms with van der Waals surface area (Å²) < 4.78 is 10.5. The molecule has 0 fully saturated rings. The summed E-state index contributed by atoms with van der Waals surface area (Å²) in [7, 11) is 0. The van der Waals surface area contributed by atoms with E-state index >= 15 is 0 Å². The molecule has 0 amide bonds. The molecule has 1 heterocycles. The molecule has 0 saturated heterocycles. The molecule has 0 aliphatic carbocycles. The van der Waals surface area contributed by atoms with Gasteiger partial charge in [-0.3, -0.25) is 0 Å². The number of hydrogen-bond acceptors (Lipinski definition) is 5. The number of nitrogens with zero attached hydrogens (tertiary/aromatic N) is 2. The van der Waals surface area contributed by atoms with Crippen molar-refractivity contribution >= 4 is 5.97 Å². The van der Waals surface area contributed by atoms with Gasteiger partial charge in [0.25, 0.3) is 5.89 Å². The van der Waals surface area contributed by atoms with E-state index in [2.05, 4.69) is 10.2 Å². The Morgan fingerprint density at radius 3 is 2.56 bits per heavy atom. The van der Waals surface area contributed by atoms with Crippen LogP contribution < -0.4 is 4.74 Å². The van der Waals surface area contributed by atoms with E-state index in [0.717, 1.165) is 16.9 Å². The third-order valence-electron chi connectivity index (χ3n) is 2.40. The maximum absolute atomic E-state index is 10.6. The smallest absolute Gasteiger partial charge is 0.393 e. The second-order valence-electron chi connectivity index (χ2n) is 3.82. The van der Waals surface area contributed by atoms with Crippen molar-refractivity contribution in [3.63, 3.8) is 0 Å². The molecule has 0 saturated carbocycles.